The highest BCUT2D eigenvalue weighted by Crippen LogP contribution is 2.47. The van der Waals surface area contributed by atoms with Crippen LogP contribution in [0.1, 0.15) is 24.3 Å². The third-order valence-corrected chi connectivity index (χ3v) is 4.41. The molecule has 1 saturated carbocycles. The summed E-state index contributed by atoms with van der Waals surface area (Å²) < 4.78 is 5.33. The van der Waals surface area contributed by atoms with Crippen molar-refractivity contribution in [1.29, 1.82) is 0 Å². The molecule has 0 aromatic heterocycles. The Kier molecular flexibility index (Phi) is 4.88. The van der Waals surface area contributed by atoms with Crippen LogP contribution in [-0.4, -0.2) is 50.2 Å². The Bertz CT molecular complexity index is 457. The molecular weight excluding hydrogens is 264 g/mol. The van der Waals surface area contributed by atoms with Crippen LogP contribution in [0.2, 0.25) is 0 Å². The topological polar surface area (TPSA) is 41.6 Å². The molecule has 0 bridgehead atoms. The van der Waals surface area contributed by atoms with Crippen LogP contribution in [0.15, 0.2) is 30.3 Å². The molecule has 0 spiro atoms. The van der Waals surface area contributed by atoms with Gasteiger partial charge in [-0.2, -0.15) is 0 Å². The molecule has 0 radical (unpaired) electrons. The predicted octanol–water partition coefficient (Wildman–Crippen LogP) is 1.63. The van der Waals surface area contributed by atoms with Gasteiger partial charge < -0.3 is 10.1 Å². The Labute approximate surface area is 126 Å². The average molecular weight is 288 g/mol. The zero-order valence-electron chi connectivity index (χ0n) is 12.5. The highest BCUT2D eigenvalue weighted by Gasteiger charge is 2.43. The first kappa shape index (κ1) is 14.5. The van der Waals surface area contributed by atoms with Crippen molar-refractivity contribution >= 4 is 5.91 Å². The molecule has 2 unspecified atom stereocenters. The minimum absolute atomic E-state index is 0.191. The van der Waals surface area contributed by atoms with E-state index in [0.717, 1.165) is 52.2 Å². The maximum Gasteiger partial charge on any atom is 0.223 e. The quantitative estimate of drug-likeness (QED) is 0.809. The Hall–Kier alpha value is -1.39. The van der Waals surface area contributed by atoms with Gasteiger partial charge in [0.05, 0.1) is 13.2 Å². The normalized spacial score (nSPS) is 25.5. The van der Waals surface area contributed by atoms with Gasteiger partial charge >= 0.3 is 0 Å². The van der Waals surface area contributed by atoms with Crippen LogP contribution in [0.25, 0.3) is 0 Å². The van der Waals surface area contributed by atoms with Gasteiger partial charge in [-0.3, -0.25) is 9.69 Å². The monoisotopic (exact) mass is 288 g/mol. The van der Waals surface area contributed by atoms with Crippen LogP contribution in [-0.2, 0) is 9.53 Å². The van der Waals surface area contributed by atoms with E-state index in [4.69, 9.17) is 4.74 Å². The molecule has 114 valence electrons. The van der Waals surface area contributed by atoms with Gasteiger partial charge in [-0.05, 0) is 30.9 Å². The lowest BCUT2D eigenvalue weighted by molar-refractivity contribution is -0.122. The smallest absolute Gasteiger partial charge is 0.223 e. The minimum Gasteiger partial charge on any atom is -0.379 e. The maximum atomic E-state index is 12.1. The van der Waals surface area contributed by atoms with Crippen LogP contribution in [0.4, 0.5) is 0 Å². The van der Waals surface area contributed by atoms with Crippen molar-refractivity contribution in [2.45, 2.75) is 18.8 Å². The molecule has 21 heavy (non-hydrogen) atoms. The van der Waals surface area contributed by atoms with Gasteiger partial charge in [0.2, 0.25) is 5.91 Å². The van der Waals surface area contributed by atoms with Crippen molar-refractivity contribution in [3.05, 3.63) is 35.9 Å². The van der Waals surface area contributed by atoms with Crippen LogP contribution >= 0.6 is 0 Å². The molecule has 4 heteroatoms. The first-order valence-corrected chi connectivity index (χ1v) is 7.97. The van der Waals surface area contributed by atoms with Gasteiger partial charge in [-0.15, -0.1) is 0 Å². The summed E-state index contributed by atoms with van der Waals surface area (Å²) in [6, 6.07) is 10.4. The third kappa shape index (κ3) is 4.05. The van der Waals surface area contributed by atoms with Gasteiger partial charge in [-0.25, -0.2) is 0 Å². The van der Waals surface area contributed by atoms with E-state index >= 15 is 0 Å². The van der Waals surface area contributed by atoms with E-state index in [-0.39, 0.29) is 11.8 Å². The number of hydrogen-bond acceptors (Lipinski definition) is 3. The summed E-state index contributed by atoms with van der Waals surface area (Å²) in [4.78, 5) is 14.5. The Morgan fingerprint density at radius 3 is 2.76 bits per heavy atom. The molecule has 2 atom stereocenters. The highest BCUT2D eigenvalue weighted by atomic mass is 16.5. The summed E-state index contributed by atoms with van der Waals surface area (Å²) in [5, 5.41) is 3.09. The van der Waals surface area contributed by atoms with E-state index in [1.807, 2.05) is 18.2 Å². The lowest BCUT2D eigenvalue weighted by atomic mass is 10.1. The number of amides is 1. The molecule has 1 aliphatic heterocycles. The molecule has 1 aliphatic carbocycles. The fraction of sp³-hybridized carbons (Fsp3) is 0.588. The summed E-state index contributed by atoms with van der Waals surface area (Å²) in [6.07, 6.45) is 2.02. The fourth-order valence-electron chi connectivity index (χ4n) is 3.02. The van der Waals surface area contributed by atoms with Crippen LogP contribution in [0, 0.1) is 5.92 Å². The van der Waals surface area contributed by atoms with E-state index < -0.39 is 0 Å². The Morgan fingerprint density at radius 2 is 2.00 bits per heavy atom. The van der Waals surface area contributed by atoms with Gasteiger partial charge in [0.25, 0.3) is 0 Å². The second kappa shape index (κ2) is 7.05. The highest BCUT2D eigenvalue weighted by molar-refractivity contribution is 5.82. The number of rotatable bonds is 6. The zero-order chi connectivity index (χ0) is 14.5. The van der Waals surface area contributed by atoms with Crippen molar-refractivity contribution in [2.24, 2.45) is 5.92 Å². The molecule has 1 amide bonds. The first-order valence-electron chi connectivity index (χ1n) is 7.97. The number of hydrogen-bond donors (Lipinski definition) is 1. The van der Waals surface area contributed by atoms with Crippen LogP contribution in [0.5, 0.6) is 0 Å². The summed E-state index contributed by atoms with van der Waals surface area (Å²) >= 11 is 0. The van der Waals surface area contributed by atoms with Gasteiger partial charge in [0.1, 0.15) is 0 Å². The lowest BCUT2D eigenvalue weighted by Crippen LogP contribution is -2.38. The van der Waals surface area contributed by atoms with E-state index in [9.17, 15) is 4.79 Å². The molecule has 2 fully saturated rings. The molecule has 1 N–H and O–H groups in total. The van der Waals surface area contributed by atoms with E-state index in [1.165, 1.54) is 5.56 Å². The summed E-state index contributed by atoms with van der Waals surface area (Å²) in [6.45, 7) is 5.56. The number of carbonyl (C=O) groups is 1. The largest absolute Gasteiger partial charge is 0.379 e. The third-order valence-electron chi connectivity index (χ3n) is 4.41. The standard InChI is InChI=1S/C17H24N2O2/c20-17(16-13-15(16)14-5-2-1-3-6-14)18-7-4-8-19-9-11-21-12-10-19/h1-3,5-6,15-16H,4,7-13H2,(H,18,20). The molecule has 1 aromatic carbocycles. The number of nitrogens with one attached hydrogen (secondary N) is 1. The minimum atomic E-state index is 0.191. The van der Waals surface area contributed by atoms with E-state index in [0.29, 0.717) is 5.92 Å². The van der Waals surface area contributed by atoms with Crippen LogP contribution in [0.3, 0.4) is 0 Å². The number of carbonyl (C=O) groups excluding carboxylic acids is 1. The van der Waals surface area contributed by atoms with E-state index in [1.54, 1.807) is 0 Å². The van der Waals surface area contributed by atoms with Crippen LogP contribution < -0.4 is 5.32 Å². The Balaban J connectivity index is 1.32. The molecule has 1 saturated heterocycles. The number of ether oxygens (including phenoxy) is 1. The van der Waals surface area contributed by atoms with Crippen molar-refractivity contribution in [3.63, 3.8) is 0 Å². The fourth-order valence-corrected chi connectivity index (χ4v) is 3.02. The number of nitrogens with zero attached hydrogens (tertiary/aromatic N) is 1. The average Bonchev–Trinajstić information content (AvgIpc) is 3.34. The summed E-state index contributed by atoms with van der Waals surface area (Å²) in [5.41, 5.74) is 1.30. The van der Waals surface area contributed by atoms with Crippen molar-refractivity contribution in [3.8, 4) is 0 Å². The molecule has 2 aliphatic rings. The molecule has 1 aromatic rings. The number of morpholine rings is 1. The second-order valence-electron chi connectivity index (χ2n) is 5.96. The molecular formula is C17H24N2O2. The summed E-state index contributed by atoms with van der Waals surface area (Å²) in [5.74, 6) is 0.854. The molecule has 3 rings (SSSR count). The van der Waals surface area contributed by atoms with Crippen molar-refractivity contribution < 1.29 is 9.53 Å². The van der Waals surface area contributed by atoms with Gasteiger partial charge in [-0.1, -0.05) is 30.3 Å². The first-order chi connectivity index (χ1) is 10.3. The SMILES string of the molecule is O=C(NCCCN1CCOCC1)C1CC1c1ccccc1. The maximum absolute atomic E-state index is 12.1. The van der Waals surface area contributed by atoms with Crippen molar-refractivity contribution in [1.82, 2.24) is 10.2 Å². The lowest BCUT2D eigenvalue weighted by Gasteiger charge is -2.26. The molecule has 1 heterocycles. The number of benzene rings is 1. The predicted molar refractivity (Wildman–Crippen MR) is 82.2 cm³/mol. The van der Waals surface area contributed by atoms with Gasteiger partial charge in [0.15, 0.2) is 0 Å². The Morgan fingerprint density at radius 1 is 1.24 bits per heavy atom. The zero-order valence-corrected chi connectivity index (χ0v) is 12.5. The summed E-state index contributed by atoms with van der Waals surface area (Å²) in [7, 11) is 0. The van der Waals surface area contributed by atoms with Gasteiger partial charge in [0, 0.05) is 25.6 Å². The van der Waals surface area contributed by atoms with Crippen molar-refractivity contribution in [2.75, 3.05) is 39.4 Å². The van der Waals surface area contributed by atoms with E-state index in [2.05, 4.69) is 22.3 Å². The molecule has 4 nitrogen and oxygen atoms in total. The second-order valence-corrected chi connectivity index (χ2v) is 5.96.